The molecule has 0 aromatic rings. The molecule has 0 radical (unpaired) electrons. The van der Waals surface area contributed by atoms with Crippen LogP contribution in [0.4, 0.5) is 119 Å². The zero-order valence-electron chi connectivity index (χ0n) is 90.1. The first-order chi connectivity index (χ1) is 59.1. The SMILES string of the molecule is CC(C)(C)C(C)(C)C(C)(C)C(F)(F)F.CC(C)C(C)(C)C(C)(C)C.CC(C)[C@@H](C)C(C)(C)C.CC1CCC(C(F)(F)F)(C(F)(F)F)CC1.CC1CCC(C(F)(F)F)CC1.CC1CCC2(CC1)CCC(C)(C)CC2.CC1CCCC(C(F)(F)F)[C@@H]1C.C[C@@H]1CCCC(C(F)(F)F)C1.C[C@@H]1CCCCC1(C(F)(F)F)C(F)(F)F.C[C@H](C(C)(C)C)C(C)(C)C(F)(F)F.C[C@H]1CC2CCC1(C)CC2. The molecule has 9 atom stereocenters. The van der Waals surface area contributed by atoms with Gasteiger partial charge in [-0.15, -0.1) is 0 Å². The Hall–Kier alpha value is -1.89. The summed E-state index contributed by atoms with van der Waals surface area (Å²) in [6.07, 6.45) is -16.8. The van der Waals surface area contributed by atoms with E-state index in [4.69, 9.17) is 0 Å². The third kappa shape index (κ3) is 39.9. The van der Waals surface area contributed by atoms with Crippen molar-refractivity contribution >= 4 is 0 Å². The molecule has 10 fully saturated rings. The van der Waals surface area contributed by atoms with Gasteiger partial charge in [-0.25, -0.2) is 0 Å². The molecule has 10 aliphatic carbocycles. The molecule has 3 unspecified atom stereocenters. The van der Waals surface area contributed by atoms with Crippen LogP contribution >= 0.6 is 0 Å². The maximum absolute atomic E-state index is 12.9. The van der Waals surface area contributed by atoms with Crippen LogP contribution in [0.25, 0.3) is 0 Å². The number of hydrogen-bond donors (Lipinski definition) is 0. The van der Waals surface area contributed by atoms with Crippen LogP contribution in [-0.4, -0.2) is 55.6 Å². The van der Waals surface area contributed by atoms with Crippen LogP contribution < -0.4 is 0 Å². The van der Waals surface area contributed by atoms with Gasteiger partial charge >= 0.3 is 55.6 Å². The van der Waals surface area contributed by atoms with E-state index in [1.165, 1.54) is 111 Å². The summed E-state index contributed by atoms with van der Waals surface area (Å²) in [7, 11) is 0. The highest BCUT2D eigenvalue weighted by atomic mass is 19.4. The minimum Gasteiger partial charge on any atom is -0.171 e. The van der Waals surface area contributed by atoms with Crippen LogP contribution in [0.2, 0.25) is 0 Å². The highest BCUT2D eigenvalue weighted by molar-refractivity contribution is 5.02. The van der Waals surface area contributed by atoms with Gasteiger partial charge in [0.25, 0.3) is 0 Å². The highest BCUT2D eigenvalue weighted by Gasteiger charge is 2.73. The van der Waals surface area contributed by atoms with Crippen LogP contribution in [0.15, 0.2) is 0 Å². The fraction of sp³-hybridized carbons (Fsp3) is 1.00. The molecule has 0 aliphatic heterocycles. The summed E-state index contributed by atoms with van der Waals surface area (Å²) in [6.45, 7) is 73.8. The molecule has 2 bridgehead atoms. The molecule has 10 saturated carbocycles. The van der Waals surface area contributed by atoms with Crippen LogP contribution in [0.1, 0.15) is 462 Å². The molecule has 0 aromatic carbocycles. The van der Waals surface area contributed by atoms with Gasteiger partial charge in [-0.3, -0.25) is 0 Å². The first kappa shape index (κ1) is 134. The van der Waals surface area contributed by atoms with E-state index in [0.717, 1.165) is 91.8 Å². The lowest BCUT2D eigenvalue weighted by Gasteiger charge is -2.51. The largest absolute Gasteiger partial charge is 0.403 e. The van der Waals surface area contributed by atoms with E-state index in [0.29, 0.717) is 66.1 Å². The molecule has 0 amide bonds. The lowest BCUT2D eigenvalue weighted by Crippen LogP contribution is -2.55. The highest BCUT2D eigenvalue weighted by Crippen LogP contribution is 2.64. The lowest BCUT2D eigenvalue weighted by atomic mass is 9.55. The van der Waals surface area contributed by atoms with Crippen LogP contribution in [0.3, 0.4) is 0 Å². The van der Waals surface area contributed by atoms with Crippen molar-refractivity contribution in [3.05, 3.63) is 0 Å². The topological polar surface area (TPSA) is 0 Å². The van der Waals surface area contributed by atoms with Gasteiger partial charge in [0.15, 0.2) is 10.8 Å². The zero-order chi connectivity index (χ0) is 107. The van der Waals surface area contributed by atoms with Crippen molar-refractivity contribution in [2.24, 2.45) is 165 Å². The maximum atomic E-state index is 12.9. The van der Waals surface area contributed by atoms with E-state index in [1.54, 1.807) is 34.6 Å². The molecule has 10 aliphatic rings. The normalized spacial score (nSPS) is 28.0. The summed E-state index contributed by atoms with van der Waals surface area (Å²) < 4.78 is 337. The fourth-order valence-electron chi connectivity index (χ4n) is 20.4. The molecule has 808 valence electrons. The molecule has 0 nitrogen and oxygen atoms in total. The summed E-state index contributed by atoms with van der Waals surface area (Å²) in [6, 6.07) is 0. The Morgan fingerprint density at radius 1 is 0.291 bits per heavy atom. The third-order valence-electron chi connectivity index (χ3n) is 36.7. The molecule has 27 heteroatoms. The van der Waals surface area contributed by atoms with Gasteiger partial charge in [0, 0.05) is 0 Å². The molecule has 1 spiro atoms. The van der Waals surface area contributed by atoms with Gasteiger partial charge in [0.2, 0.25) is 0 Å². The Balaban J connectivity index is 0. The van der Waals surface area contributed by atoms with E-state index in [-0.39, 0.29) is 60.2 Å². The first-order valence-corrected chi connectivity index (χ1v) is 50.7. The summed E-state index contributed by atoms with van der Waals surface area (Å²) in [5, 5.41) is 0. The number of alkyl halides is 27. The van der Waals surface area contributed by atoms with Crippen LogP contribution in [0, 0.1) is 165 Å². The number of halogens is 27. The quantitative estimate of drug-likeness (QED) is 0.246. The molecule has 0 aromatic heterocycles. The fourth-order valence-corrected chi connectivity index (χ4v) is 20.4. The van der Waals surface area contributed by atoms with E-state index in [9.17, 15) is 119 Å². The lowest BCUT2D eigenvalue weighted by molar-refractivity contribution is -0.364. The van der Waals surface area contributed by atoms with Crippen molar-refractivity contribution in [3.63, 3.8) is 0 Å². The van der Waals surface area contributed by atoms with Gasteiger partial charge < -0.3 is 0 Å². The second-order valence-electron chi connectivity index (χ2n) is 51.7. The average molecular weight is 1990 g/mol. The second-order valence-corrected chi connectivity index (χ2v) is 51.7. The van der Waals surface area contributed by atoms with Crippen molar-refractivity contribution < 1.29 is 119 Å². The standard InChI is InChI=1S/C14H26.C11H21F3.C10H19F3.C10H18.C10H22.2C9H12F6.C9H15F3.C9H20.2C8H13F3/c1-12-4-6-14(7-5-12)10-8-13(2,3)9-11-14;1-8(2,3)9(4,5)10(6,7)11(12,13)14;1-7(8(2,3)4)9(5,6)10(11,12)13;1-8-7-9-3-5-10(8,2)6-4-9;1-8(2)10(6,7)9(3,4)5;1-6-2-4-7(5-3-6,8(10,11)12)9(13,14)15;1-6-4-2-3-5-7(6,8(10,11)12)9(13,14)15;1-6-4-3-5-8(7(6)2)9(10,11)12;1-7(2)8(3)9(4,5)6;1-6-2-4-7(5-3-6)8(9,10)11;1-6-3-2-4-7(5-6)8(9,10)11/h12H,4-11H2,1-3H3;1-7H3;7H,1-6H3;8-9H,3-7H2,1-2H3;8H,1-7H3;2*6H,2-5H2,1H3;6-8H,3-5H2,1-2H3;7-8H,1-6H3;2*6-7H,2-5H2,1H3/t;;7-;8-,9?,10?;;;6-;6?,7-,8?;8-;;6-,7?/m..10..111.1/s1. The minimum atomic E-state index is -5.20. The predicted octanol–water partition coefficient (Wildman–Crippen LogP) is 42.9. The number of rotatable bonds is 4. The van der Waals surface area contributed by atoms with E-state index in [2.05, 4.69) is 125 Å². The monoisotopic (exact) mass is 1990 g/mol. The Morgan fingerprint density at radius 2 is 0.687 bits per heavy atom. The summed E-state index contributed by atoms with van der Waals surface area (Å²) >= 11 is 0. The molecule has 0 saturated heterocycles. The number of fused-ring (bicyclic) bond motifs is 3. The van der Waals surface area contributed by atoms with Gasteiger partial charge in [-0.2, -0.15) is 119 Å². The third-order valence-corrected chi connectivity index (χ3v) is 36.7. The van der Waals surface area contributed by atoms with Crippen LogP contribution in [-0.2, 0) is 0 Å². The Bertz CT molecular complexity index is 3120. The molecule has 0 N–H and O–H groups in total. The maximum Gasteiger partial charge on any atom is 0.403 e. The van der Waals surface area contributed by atoms with Crippen molar-refractivity contribution in [2.45, 2.75) is 517 Å². The van der Waals surface area contributed by atoms with Crippen LogP contribution in [0.5, 0.6) is 0 Å². The van der Waals surface area contributed by atoms with Gasteiger partial charge in [0.05, 0.1) is 28.6 Å². The molecule has 134 heavy (non-hydrogen) atoms. The van der Waals surface area contributed by atoms with Gasteiger partial charge in [0.1, 0.15) is 0 Å². The van der Waals surface area contributed by atoms with Gasteiger partial charge in [-0.05, 0) is 267 Å². The van der Waals surface area contributed by atoms with Gasteiger partial charge in [-0.1, -0.05) is 320 Å². The van der Waals surface area contributed by atoms with Crippen molar-refractivity contribution in [3.8, 4) is 0 Å². The van der Waals surface area contributed by atoms with Crippen molar-refractivity contribution in [2.75, 3.05) is 0 Å². The molecular formula is C107H191F27. The van der Waals surface area contributed by atoms with E-state index < -0.39 is 132 Å². The molecule has 10 rings (SSSR count). The van der Waals surface area contributed by atoms with Crippen molar-refractivity contribution in [1.29, 1.82) is 0 Å². The smallest absolute Gasteiger partial charge is 0.171 e. The average Bonchev–Trinajstić information content (AvgIpc) is 0.733. The van der Waals surface area contributed by atoms with E-state index in [1.807, 2.05) is 62.3 Å². The molecule has 0 heterocycles. The Kier molecular flexibility index (Phi) is 50.3. The number of hydrogen-bond acceptors (Lipinski definition) is 0. The zero-order valence-corrected chi connectivity index (χ0v) is 90.1. The summed E-state index contributed by atoms with van der Waals surface area (Å²) in [5.41, 5.74) is -8.25. The summed E-state index contributed by atoms with van der Waals surface area (Å²) in [4.78, 5) is 0. The second kappa shape index (κ2) is 50.3. The summed E-state index contributed by atoms with van der Waals surface area (Å²) in [5.74, 6) is 1.37. The predicted molar refractivity (Wildman–Crippen MR) is 500 cm³/mol. The molecular weight excluding hydrogens is 1800 g/mol. The Morgan fingerprint density at radius 3 is 0.925 bits per heavy atom. The first-order valence-electron chi connectivity index (χ1n) is 50.7. The Labute approximate surface area is 797 Å². The van der Waals surface area contributed by atoms with Crippen molar-refractivity contribution in [1.82, 2.24) is 0 Å². The van der Waals surface area contributed by atoms with E-state index >= 15 is 0 Å². The minimum absolute atomic E-state index is 0.0106.